The topological polar surface area (TPSA) is 73.8 Å². The zero-order valence-electron chi connectivity index (χ0n) is 20.7. The van der Waals surface area contributed by atoms with Crippen molar-refractivity contribution in [1.29, 1.82) is 0 Å². The highest BCUT2D eigenvalue weighted by Gasteiger charge is 2.35. The van der Waals surface area contributed by atoms with E-state index in [1.165, 1.54) is 5.69 Å². The first-order valence-electron chi connectivity index (χ1n) is 12.8. The standard InChI is InChI=1S/C28H32N6O2/c1-36-28-23(5-4-11-29-28)21-7-9-22(10-8-21)33-15-13-32(14-16-33)19-20-17-24-26(30-18-20)34-12-3-2-6-25(34)27(35)31-24/h4-5,7-11,17-18,25H,2-3,6,12-16,19H2,1H3,(H,31,35). The van der Waals surface area contributed by atoms with Gasteiger partial charge in [0.25, 0.3) is 0 Å². The summed E-state index contributed by atoms with van der Waals surface area (Å²) in [5, 5.41) is 3.11. The summed E-state index contributed by atoms with van der Waals surface area (Å²) in [5.74, 6) is 1.69. The number of benzene rings is 1. The number of methoxy groups -OCH3 is 1. The number of hydrogen-bond acceptors (Lipinski definition) is 7. The van der Waals surface area contributed by atoms with Crippen molar-refractivity contribution >= 4 is 23.1 Å². The monoisotopic (exact) mass is 484 g/mol. The van der Waals surface area contributed by atoms with Gasteiger partial charge in [0.2, 0.25) is 11.8 Å². The van der Waals surface area contributed by atoms with E-state index in [4.69, 9.17) is 9.72 Å². The number of ether oxygens (including phenoxy) is 1. The molecule has 1 aromatic carbocycles. The maximum absolute atomic E-state index is 12.6. The molecule has 3 aliphatic rings. The van der Waals surface area contributed by atoms with Gasteiger partial charge in [-0.1, -0.05) is 12.1 Å². The number of fused-ring (bicyclic) bond motifs is 3. The predicted octanol–water partition coefficient (Wildman–Crippen LogP) is 3.79. The minimum atomic E-state index is -0.0573. The first-order chi connectivity index (χ1) is 17.7. The summed E-state index contributed by atoms with van der Waals surface area (Å²) in [7, 11) is 1.65. The molecule has 36 heavy (non-hydrogen) atoms. The number of carbonyl (C=O) groups is 1. The number of nitrogens with zero attached hydrogens (tertiary/aromatic N) is 5. The SMILES string of the molecule is COc1ncccc1-c1ccc(N2CCN(Cc3cnc4c(c3)NC(=O)C3CCCCN43)CC2)cc1. The van der Waals surface area contributed by atoms with E-state index < -0.39 is 0 Å². The van der Waals surface area contributed by atoms with Crippen LogP contribution < -0.4 is 19.9 Å². The Morgan fingerprint density at radius 3 is 2.67 bits per heavy atom. The normalized spacial score (nSPS) is 19.9. The van der Waals surface area contributed by atoms with Crippen molar-refractivity contribution in [3.8, 4) is 17.0 Å². The Balaban J connectivity index is 1.08. The Bertz CT molecular complexity index is 1240. The molecule has 1 amide bonds. The maximum Gasteiger partial charge on any atom is 0.247 e. The van der Waals surface area contributed by atoms with E-state index in [0.717, 1.165) is 86.7 Å². The van der Waals surface area contributed by atoms with Crippen LogP contribution in [-0.4, -0.2) is 66.7 Å². The fourth-order valence-electron chi connectivity index (χ4n) is 5.63. The van der Waals surface area contributed by atoms with E-state index in [0.29, 0.717) is 5.88 Å². The molecule has 0 saturated carbocycles. The second-order valence-corrected chi connectivity index (χ2v) is 9.78. The number of piperazine rings is 1. The van der Waals surface area contributed by atoms with Gasteiger partial charge in [0.1, 0.15) is 6.04 Å². The van der Waals surface area contributed by atoms with Crippen molar-refractivity contribution in [1.82, 2.24) is 14.9 Å². The van der Waals surface area contributed by atoms with Gasteiger partial charge in [-0.05, 0) is 60.7 Å². The Labute approximate surface area is 211 Å². The van der Waals surface area contributed by atoms with Crippen LogP contribution in [0.25, 0.3) is 11.1 Å². The van der Waals surface area contributed by atoms with E-state index in [1.807, 2.05) is 18.3 Å². The first kappa shape index (κ1) is 22.8. The third-order valence-electron chi connectivity index (χ3n) is 7.55. The van der Waals surface area contributed by atoms with E-state index in [9.17, 15) is 4.79 Å². The average molecular weight is 485 g/mol. The molecule has 2 aromatic heterocycles. The lowest BCUT2D eigenvalue weighted by molar-refractivity contribution is -0.118. The summed E-state index contributed by atoms with van der Waals surface area (Å²) in [5.41, 5.74) is 5.34. The lowest BCUT2D eigenvalue weighted by atomic mass is 9.99. The molecule has 0 aliphatic carbocycles. The summed E-state index contributed by atoms with van der Waals surface area (Å²) in [4.78, 5) is 28.8. The molecule has 1 N–H and O–H groups in total. The number of anilines is 3. The first-order valence-corrected chi connectivity index (χ1v) is 12.8. The number of pyridine rings is 2. The Morgan fingerprint density at radius 1 is 1.03 bits per heavy atom. The van der Waals surface area contributed by atoms with E-state index >= 15 is 0 Å². The van der Waals surface area contributed by atoms with Gasteiger partial charge >= 0.3 is 0 Å². The van der Waals surface area contributed by atoms with Crippen LogP contribution in [-0.2, 0) is 11.3 Å². The van der Waals surface area contributed by atoms with E-state index in [-0.39, 0.29) is 11.9 Å². The minimum absolute atomic E-state index is 0.0573. The minimum Gasteiger partial charge on any atom is -0.481 e. The number of rotatable bonds is 5. The zero-order valence-corrected chi connectivity index (χ0v) is 20.7. The summed E-state index contributed by atoms with van der Waals surface area (Å²) in [6.07, 6.45) is 6.88. The highest BCUT2D eigenvalue weighted by Crippen LogP contribution is 2.35. The molecule has 5 heterocycles. The van der Waals surface area contributed by atoms with Crippen LogP contribution in [0.2, 0.25) is 0 Å². The maximum atomic E-state index is 12.6. The van der Waals surface area contributed by atoms with Gasteiger partial charge in [-0.3, -0.25) is 9.69 Å². The number of piperidine rings is 1. The molecular weight excluding hydrogens is 452 g/mol. The van der Waals surface area contributed by atoms with Gasteiger partial charge in [-0.2, -0.15) is 0 Å². The van der Waals surface area contributed by atoms with Crippen molar-refractivity contribution < 1.29 is 9.53 Å². The van der Waals surface area contributed by atoms with Crippen molar-refractivity contribution in [2.45, 2.75) is 31.8 Å². The number of carbonyl (C=O) groups excluding carboxylic acids is 1. The van der Waals surface area contributed by atoms with E-state index in [2.05, 4.69) is 55.3 Å². The van der Waals surface area contributed by atoms with Gasteiger partial charge < -0.3 is 19.9 Å². The highest BCUT2D eigenvalue weighted by molar-refractivity contribution is 6.02. The summed E-state index contributed by atoms with van der Waals surface area (Å²) in [6.45, 7) is 5.66. The third kappa shape index (κ3) is 4.37. The number of nitrogens with one attached hydrogen (secondary N) is 1. The summed E-state index contributed by atoms with van der Waals surface area (Å²) < 4.78 is 5.41. The fourth-order valence-corrected chi connectivity index (χ4v) is 5.63. The smallest absolute Gasteiger partial charge is 0.247 e. The molecule has 0 bridgehead atoms. The molecule has 1 atom stereocenters. The van der Waals surface area contributed by atoms with Crippen molar-refractivity contribution in [2.24, 2.45) is 0 Å². The van der Waals surface area contributed by atoms with Crippen LogP contribution in [0.1, 0.15) is 24.8 Å². The fraction of sp³-hybridized carbons (Fsp3) is 0.393. The van der Waals surface area contributed by atoms with Crippen LogP contribution in [0.3, 0.4) is 0 Å². The molecule has 0 spiro atoms. The molecule has 0 radical (unpaired) electrons. The average Bonchev–Trinajstić information content (AvgIpc) is 2.94. The Kier molecular flexibility index (Phi) is 6.19. The van der Waals surface area contributed by atoms with E-state index in [1.54, 1.807) is 13.3 Å². The molecule has 3 aliphatic heterocycles. The Hall–Kier alpha value is -3.65. The van der Waals surface area contributed by atoms with Crippen LogP contribution in [0, 0.1) is 0 Å². The summed E-state index contributed by atoms with van der Waals surface area (Å²) in [6, 6.07) is 14.7. The quantitative estimate of drug-likeness (QED) is 0.591. The van der Waals surface area contributed by atoms with Crippen molar-refractivity contribution in [2.75, 3.05) is 55.0 Å². The third-order valence-corrected chi connectivity index (χ3v) is 7.55. The van der Waals surface area contributed by atoms with Crippen molar-refractivity contribution in [3.05, 3.63) is 60.4 Å². The van der Waals surface area contributed by atoms with Crippen molar-refractivity contribution in [3.63, 3.8) is 0 Å². The summed E-state index contributed by atoms with van der Waals surface area (Å²) >= 11 is 0. The molecule has 6 rings (SSSR count). The molecule has 3 aromatic rings. The highest BCUT2D eigenvalue weighted by atomic mass is 16.5. The molecule has 1 unspecified atom stereocenters. The number of amides is 1. The molecule has 8 nitrogen and oxygen atoms in total. The van der Waals surface area contributed by atoms with Crippen LogP contribution >= 0.6 is 0 Å². The van der Waals surface area contributed by atoms with Crippen LogP contribution in [0.4, 0.5) is 17.2 Å². The van der Waals surface area contributed by atoms with Gasteiger partial charge in [0, 0.05) is 62.9 Å². The predicted molar refractivity (Wildman–Crippen MR) is 142 cm³/mol. The van der Waals surface area contributed by atoms with Gasteiger partial charge in [0.15, 0.2) is 5.82 Å². The number of aromatic nitrogens is 2. The van der Waals surface area contributed by atoms with Gasteiger partial charge in [-0.15, -0.1) is 0 Å². The van der Waals surface area contributed by atoms with Gasteiger partial charge in [0.05, 0.1) is 12.8 Å². The molecule has 2 fully saturated rings. The molecule has 8 heteroatoms. The lowest BCUT2D eigenvalue weighted by Crippen LogP contribution is -2.51. The second kappa shape index (κ2) is 9.78. The van der Waals surface area contributed by atoms with Crippen LogP contribution in [0.15, 0.2) is 54.9 Å². The zero-order chi connectivity index (χ0) is 24.5. The molecule has 186 valence electrons. The molecular formula is C28H32N6O2. The second-order valence-electron chi connectivity index (χ2n) is 9.78. The van der Waals surface area contributed by atoms with Crippen LogP contribution in [0.5, 0.6) is 5.88 Å². The van der Waals surface area contributed by atoms with Gasteiger partial charge in [-0.25, -0.2) is 9.97 Å². The lowest BCUT2D eigenvalue weighted by Gasteiger charge is -2.40. The largest absolute Gasteiger partial charge is 0.481 e. The Morgan fingerprint density at radius 2 is 1.86 bits per heavy atom. The molecule has 2 saturated heterocycles. The number of hydrogen-bond donors (Lipinski definition) is 1.